The lowest BCUT2D eigenvalue weighted by Crippen LogP contribution is -2.69. The number of nitriles is 1. The number of esters is 4. The summed E-state index contributed by atoms with van der Waals surface area (Å²) in [5.41, 5.74) is 8.09. The first-order valence-corrected chi connectivity index (χ1v) is 29.7. The zero-order chi connectivity index (χ0) is 59.9. The van der Waals surface area contributed by atoms with E-state index in [1.807, 2.05) is 35.8 Å². The third kappa shape index (κ3) is 8.57. The minimum absolute atomic E-state index is 0.00237. The molecule has 0 saturated carbocycles. The van der Waals surface area contributed by atoms with E-state index in [1.165, 1.54) is 51.6 Å². The summed E-state index contributed by atoms with van der Waals surface area (Å²) in [7, 11) is 3.00. The molecule has 0 spiro atoms. The van der Waals surface area contributed by atoms with Crippen molar-refractivity contribution in [2.24, 2.45) is 0 Å². The Morgan fingerprint density at radius 2 is 1.04 bits per heavy atom. The molecule has 4 fully saturated rings. The molecule has 10 heterocycles. The molecule has 0 amide bonds. The van der Waals surface area contributed by atoms with Crippen molar-refractivity contribution in [2.75, 3.05) is 52.5 Å². The number of fused-ring (bicyclic) bond motifs is 18. The van der Waals surface area contributed by atoms with Crippen LogP contribution < -0.4 is 48.5 Å². The summed E-state index contributed by atoms with van der Waals surface area (Å²) >= 11 is 2.39. The van der Waals surface area contributed by atoms with E-state index in [2.05, 4.69) is 16.7 Å². The minimum atomic E-state index is -1.05. The molecule has 0 aliphatic carbocycles. The maximum Gasteiger partial charge on any atom is 0.375 e. The Kier molecular flexibility index (Phi) is 14.1. The standard InChI is InChI=1S/C30H29N3O9S.C29H30N2O10S/c1-11-5-14-6-15-16(7-31)33-17-8-39-30(37)18(35)9-43-29(23(33)22(32-15)19(14)24(36)25(11)38-4)21-20(17)28-27(40-10-41-28)12(2)26(21)42-13(3)34;1-10-5-13-6-14-28(35)31-15-7-38-29(36)16(33)8-42-27(21(31)20(30-14)17(13)22(34)23(10)37-4)19-18(15)26-25(39-9-40-26)11(2)24(19)41-12(3)32/h5,15-17,22-23,29,32,36H,6,8-10H2,1-4H3;5,14-15,20-21,27-28,30,34-35H,6-9H2,1-4H3/t15-,16-,17-,22+,23?,29+;14-,15-,20+,21?,27+,28-/m00/s1. The highest BCUT2D eigenvalue weighted by atomic mass is 32.2. The summed E-state index contributed by atoms with van der Waals surface area (Å²) in [5.74, 6) is -1.86. The smallest absolute Gasteiger partial charge is 0.375 e. The summed E-state index contributed by atoms with van der Waals surface area (Å²) in [6.07, 6.45) is -0.157. The van der Waals surface area contributed by atoms with Crippen LogP contribution in [0.1, 0.15) is 115 Å². The van der Waals surface area contributed by atoms with Crippen LogP contribution in [0.25, 0.3) is 0 Å². The number of phenolic OH excluding ortho intramolecular Hbond substituents is 2. The third-order valence-corrected chi connectivity index (χ3v) is 20.5. The number of rotatable bonds is 4. The van der Waals surface area contributed by atoms with Crippen molar-refractivity contribution in [3.05, 3.63) is 78.9 Å². The average molecular weight is 1210 g/mol. The van der Waals surface area contributed by atoms with Crippen molar-refractivity contribution >= 4 is 59.0 Å². The van der Waals surface area contributed by atoms with Gasteiger partial charge in [0, 0.05) is 76.5 Å². The maximum atomic E-state index is 12.8. The van der Waals surface area contributed by atoms with Crippen LogP contribution in [-0.4, -0.2) is 150 Å². The number of nitrogens with zero attached hydrogens (tertiary/aromatic N) is 3. The molecule has 5 N–H and O–H groups in total. The lowest BCUT2D eigenvalue weighted by atomic mass is 9.72. The van der Waals surface area contributed by atoms with Crippen LogP contribution in [0, 0.1) is 39.0 Å². The zero-order valence-electron chi connectivity index (χ0n) is 47.3. The van der Waals surface area contributed by atoms with Crippen molar-refractivity contribution in [1.29, 1.82) is 5.26 Å². The summed E-state index contributed by atoms with van der Waals surface area (Å²) in [6, 6.07) is 1.24. The fourth-order valence-corrected chi connectivity index (χ4v) is 17.5. The van der Waals surface area contributed by atoms with Crippen molar-refractivity contribution in [3.8, 4) is 63.6 Å². The average Bonchev–Trinajstić information content (AvgIpc) is 1.45. The molecule has 4 saturated heterocycles. The van der Waals surface area contributed by atoms with E-state index < -0.39 is 101 Å². The number of piperazine rings is 2. The van der Waals surface area contributed by atoms with Crippen LogP contribution in [0.3, 0.4) is 0 Å². The second kappa shape index (κ2) is 21.2. The summed E-state index contributed by atoms with van der Waals surface area (Å²) in [4.78, 5) is 79.7. The van der Waals surface area contributed by atoms with Crippen molar-refractivity contribution in [1.82, 2.24) is 20.4 Å². The fraction of sp³-hybridized carbons (Fsp3) is 0.475. The molecule has 14 rings (SSSR count). The molecule has 10 aliphatic heterocycles. The van der Waals surface area contributed by atoms with Gasteiger partial charge >= 0.3 is 23.9 Å². The van der Waals surface area contributed by atoms with Gasteiger partial charge in [-0.3, -0.25) is 29.0 Å². The van der Waals surface area contributed by atoms with Crippen LogP contribution in [0.15, 0.2) is 12.1 Å². The summed E-state index contributed by atoms with van der Waals surface area (Å²) < 4.78 is 57.6. The molecule has 12 atom stereocenters. The highest BCUT2D eigenvalue weighted by Gasteiger charge is 2.61. The van der Waals surface area contributed by atoms with Gasteiger partial charge in [-0.2, -0.15) is 5.26 Å². The minimum Gasteiger partial charge on any atom is -0.504 e. The second-order valence-electron chi connectivity index (χ2n) is 22.5. The Balaban J connectivity index is 0.000000158. The van der Waals surface area contributed by atoms with Gasteiger partial charge < -0.3 is 73.3 Å². The number of carbonyl (C=O) groups is 6. The number of cyclic esters (lactones) is 2. The van der Waals surface area contributed by atoms with Crippen LogP contribution in [-0.2, 0) is 51.1 Å². The number of thioether (sulfide) groups is 2. The van der Waals surface area contributed by atoms with E-state index in [-0.39, 0.29) is 67.3 Å². The SMILES string of the molecule is COc1c(C)cc2c(c1O)[C@H]1N[C@@H](C2)[C@H](C#N)N2C1[C@@H]1SCC(=O)C(=O)OC[C@H]2c2c3c(c(C)c(OC(C)=O)c21)OCO3.COc1c(C)cc2c(c1O)[C@H]1N[C@@H](C2)[C@H](O)N2C1[C@@H]1SCC(=O)C(=O)OC[C@H]2c2c3c(c(C)c(OC(C)=O)c21)OCO3. The van der Waals surface area contributed by atoms with Crippen molar-refractivity contribution in [3.63, 3.8) is 0 Å². The number of ether oxygens (including phenoxy) is 10. The van der Waals surface area contributed by atoms with E-state index in [9.17, 15) is 49.3 Å². The van der Waals surface area contributed by atoms with Crippen LogP contribution in [0.2, 0.25) is 0 Å². The highest BCUT2D eigenvalue weighted by Crippen LogP contribution is 2.65. The van der Waals surface area contributed by atoms with Gasteiger partial charge in [-0.1, -0.05) is 12.1 Å². The Labute approximate surface area is 494 Å². The van der Waals surface area contributed by atoms with E-state index in [0.717, 1.165) is 22.3 Å². The van der Waals surface area contributed by atoms with Gasteiger partial charge in [-0.05, 0) is 62.8 Å². The highest BCUT2D eigenvalue weighted by molar-refractivity contribution is 8.00. The number of aromatic hydroxyl groups is 2. The molecule has 24 nitrogen and oxygen atoms in total. The first-order valence-electron chi connectivity index (χ1n) is 27.6. The number of methoxy groups -OCH3 is 2. The topological polar surface area (TPSA) is 310 Å². The van der Waals surface area contributed by atoms with Gasteiger partial charge in [0.1, 0.15) is 37.0 Å². The number of phenols is 2. The molecule has 446 valence electrons. The first-order chi connectivity index (χ1) is 40.8. The fourth-order valence-electron chi connectivity index (χ4n) is 14.8. The van der Waals surface area contributed by atoms with Gasteiger partial charge in [-0.25, -0.2) is 9.59 Å². The molecule has 10 aliphatic rings. The van der Waals surface area contributed by atoms with Gasteiger partial charge in [0.15, 0.2) is 46.0 Å². The largest absolute Gasteiger partial charge is 0.504 e. The zero-order valence-corrected chi connectivity index (χ0v) is 48.9. The Bertz CT molecular complexity index is 3680. The molecular formula is C59H59N5O19S2. The second-order valence-corrected chi connectivity index (χ2v) is 24.7. The Morgan fingerprint density at radius 1 is 0.612 bits per heavy atom. The van der Waals surface area contributed by atoms with Crippen LogP contribution >= 0.6 is 23.5 Å². The number of aliphatic hydroxyl groups excluding tert-OH is 1. The quantitative estimate of drug-likeness (QED) is 0.108. The summed E-state index contributed by atoms with van der Waals surface area (Å²) in [6.45, 7) is 9.23. The summed E-state index contributed by atoms with van der Waals surface area (Å²) in [5, 5.41) is 51.6. The van der Waals surface area contributed by atoms with Gasteiger partial charge in [0.05, 0.1) is 72.5 Å². The van der Waals surface area contributed by atoms with Gasteiger partial charge in [0.25, 0.3) is 0 Å². The molecular weight excluding hydrogens is 1150 g/mol. The maximum absolute atomic E-state index is 12.8. The number of Topliss-reactive ketones (excluding diaryl/α,β-unsaturated/α-hetero) is 2. The number of nitrogens with one attached hydrogen (secondary N) is 2. The number of hydrogen-bond donors (Lipinski definition) is 5. The monoisotopic (exact) mass is 1210 g/mol. The number of hydrogen-bond acceptors (Lipinski definition) is 26. The number of carbonyl (C=O) groups excluding carboxylic acids is 6. The molecule has 4 aromatic rings. The molecule has 2 unspecified atom stereocenters. The Hall–Kier alpha value is -7.51. The molecule has 0 radical (unpaired) electrons. The van der Waals surface area contributed by atoms with Crippen molar-refractivity contribution in [2.45, 2.75) is 125 Å². The lowest BCUT2D eigenvalue weighted by Gasteiger charge is -2.59. The Morgan fingerprint density at radius 3 is 1.48 bits per heavy atom. The predicted octanol–water partition coefficient (Wildman–Crippen LogP) is 4.34. The normalized spacial score (nSPS) is 28.9. The van der Waals surface area contributed by atoms with E-state index in [1.54, 1.807) is 13.8 Å². The molecule has 8 bridgehead atoms. The molecule has 85 heavy (non-hydrogen) atoms. The molecule has 0 aromatic heterocycles. The van der Waals surface area contributed by atoms with Gasteiger partial charge in [-0.15, -0.1) is 23.5 Å². The number of aliphatic hydroxyl groups is 1. The van der Waals surface area contributed by atoms with Crippen LogP contribution in [0.4, 0.5) is 0 Å². The number of ketones is 2. The lowest BCUT2D eigenvalue weighted by molar-refractivity contribution is -0.162. The van der Waals surface area contributed by atoms with E-state index in [4.69, 9.17) is 47.4 Å². The van der Waals surface area contributed by atoms with Gasteiger partial charge in [0.2, 0.25) is 25.2 Å². The molecule has 26 heteroatoms. The van der Waals surface area contributed by atoms with E-state index >= 15 is 0 Å². The van der Waals surface area contributed by atoms with Crippen molar-refractivity contribution < 1.29 is 91.5 Å². The first kappa shape index (κ1) is 56.6. The molecule has 4 aromatic carbocycles. The van der Waals surface area contributed by atoms with E-state index in [0.29, 0.717) is 91.8 Å². The van der Waals surface area contributed by atoms with Crippen LogP contribution in [0.5, 0.6) is 57.5 Å². The third-order valence-electron chi connectivity index (χ3n) is 17.9. The number of benzene rings is 4. The predicted molar refractivity (Wildman–Crippen MR) is 297 cm³/mol. The number of aryl methyl sites for hydroxylation is 2.